The van der Waals surface area contributed by atoms with E-state index in [1.165, 1.54) is 4.31 Å². The predicted octanol–water partition coefficient (Wildman–Crippen LogP) is 3.73. The summed E-state index contributed by atoms with van der Waals surface area (Å²) in [6.45, 7) is 2.46. The van der Waals surface area contributed by atoms with Crippen molar-refractivity contribution in [2.45, 2.75) is 11.1 Å². The molecule has 4 nitrogen and oxygen atoms in total. The van der Waals surface area contributed by atoms with E-state index in [4.69, 9.17) is 0 Å². The highest BCUT2D eigenvalue weighted by atomic mass is 32.2. The first-order valence-electron chi connectivity index (χ1n) is 8.88. The third-order valence-electron chi connectivity index (χ3n) is 4.62. The fourth-order valence-electron chi connectivity index (χ4n) is 3.02. The lowest BCUT2D eigenvalue weighted by Gasteiger charge is -2.33. The maximum atomic E-state index is 12.7. The first-order valence-corrected chi connectivity index (χ1v) is 10.3. The number of sulfonamides is 1. The molecule has 0 aliphatic carbocycles. The number of halogens is 3. The smallest absolute Gasteiger partial charge is 0.297 e. The van der Waals surface area contributed by atoms with E-state index in [-0.39, 0.29) is 4.90 Å². The molecule has 1 saturated heterocycles. The van der Waals surface area contributed by atoms with Crippen LogP contribution < -0.4 is 0 Å². The molecule has 0 unspecified atom stereocenters. The Morgan fingerprint density at radius 1 is 0.893 bits per heavy atom. The van der Waals surface area contributed by atoms with Gasteiger partial charge < -0.3 is 0 Å². The molecular weight excluding hydrogens is 389 g/mol. The van der Waals surface area contributed by atoms with Gasteiger partial charge in [-0.15, -0.1) is 0 Å². The summed E-state index contributed by atoms with van der Waals surface area (Å²) in [6, 6.07) is 13.5. The molecular formula is C20H21F3N2O2S. The molecule has 0 amide bonds. The zero-order valence-electron chi connectivity index (χ0n) is 15.1. The molecule has 0 spiro atoms. The summed E-state index contributed by atoms with van der Waals surface area (Å²) in [4.78, 5) is 2.02. The summed E-state index contributed by atoms with van der Waals surface area (Å²) in [5.41, 5.74) is 0.243. The highest BCUT2D eigenvalue weighted by Gasteiger charge is 2.32. The Balaban J connectivity index is 1.57. The lowest BCUT2D eigenvalue weighted by atomic mass is 10.2. The quantitative estimate of drug-likeness (QED) is 0.754. The van der Waals surface area contributed by atoms with E-state index in [0.717, 1.165) is 29.8 Å². The van der Waals surface area contributed by atoms with Crippen LogP contribution in [0.2, 0.25) is 0 Å². The molecule has 0 aromatic heterocycles. The lowest BCUT2D eigenvalue weighted by Crippen LogP contribution is -2.48. The lowest BCUT2D eigenvalue weighted by molar-refractivity contribution is -0.137. The van der Waals surface area contributed by atoms with E-state index in [2.05, 4.69) is 4.90 Å². The fourth-order valence-corrected chi connectivity index (χ4v) is 4.44. The third-order valence-corrected chi connectivity index (χ3v) is 6.54. The van der Waals surface area contributed by atoms with Crippen molar-refractivity contribution in [1.82, 2.24) is 9.21 Å². The number of hydrogen-bond donors (Lipinski definition) is 0. The first kappa shape index (κ1) is 20.6. The van der Waals surface area contributed by atoms with Gasteiger partial charge >= 0.3 is 6.18 Å². The maximum absolute atomic E-state index is 12.7. The highest BCUT2D eigenvalue weighted by Crippen LogP contribution is 2.30. The van der Waals surface area contributed by atoms with Crippen LogP contribution in [0.4, 0.5) is 13.2 Å². The molecule has 28 heavy (non-hydrogen) atoms. The number of rotatable bonds is 5. The van der Waals surface area contributed by atoms with Crippen molar-refractivity contribution in [3.8, 4) is 0 Å². The van der Waals surface area contributed by atoms with Crippen molar-refractivity contribution in [1.29, 1.82) is 0 Å². The van der Waals surface area contributed by atoms with E-state index in [0.29, 0.717) is 32.7 Å². The molecule has 0 bridgehead atoms. The molecule has 1 aliphatic heterocycles. The van der Waals surface area contributed by atoms with Crippen molar-refractivity contribution < 1.29 is 21.6 Å². The SMILES string of the molecule is O=S(=O)(c1ccc(C(F)(F)F)cc1)N1CCN(CC=Cc2ccccc2)CC1. The van der Waals surface area contributed by atoms with Gasteiger partial charge in [0.05, 0.1) is 10.5 Å². The summed E-state index contributed by atoms with van der Waals surface area (Å²) in [5.74, 6) is 0. The molecule has 3 rings (SSSR count). The topological polar surface area (TPSA) is 40.6 Å². The van der Waals surface area contributed by atoms with Gasteiger partial charge in [-0.25, -0.2) is 8.42 Å². The largest absolute Gasteiger partial charge is 0.416 e. The van der Waals surface area contributed by atoms with Crippen LogP contribution in [0.15, 0.2) is 65.6 Å². The van der Waals surface area contributed by atoms with Gasteiger partial charge in [-0.1, -0.05) is 42.5 Å². The first-order chi connectivity index (χ1) is 13.3. The normalized spacial score (nSPS) is 17.2. The zero-order chi connectivity index (χ0) is 20.2. The van der Waals surface area contributed by atoms with Crippen LogP contribution in [0.3, 0.4) is 0 Å². The number of alkyl halides is 3. The third kappa shape index (κ3) is 5.01. The molecule has 1 aliphatic rings. The predicted molar refractivity (Wildman–Crippen MR) is 102 cm³/mol. The van der Waals surface area contributed by atoms with E-state index < -0.39 is 21.8 Å². The Hall–Kier alpha value is -2.16. The van der Waals surface area contributed by atoms with E-state index in [1.54, 1.807) is 0 Å². The van der Waals surface area contributed by atoms with Crippen molar-refractivity contribution >= 4 is 16.1 Å². The minimum Gasteiger partial charge on any atom is -0.297 e. The molecule has 8 heteroatoms. The van der Waals surface area contributed by atoms with E-state index >= 15 is 0 Å². The Morgan fingerprint density at radius 3 is 2.07 bits per heavy atom. The van der Waals surface area contributed by atoms with Gasteiger partial charge in [0, 0.05) is 32.7 Å². The maximum Gasteiger partial charge on any atom is 0.416 e. The van der Waals surface area contributed by atoms with Gasteiger partial charge in [-0.05, 0) is 29.8 Å². The minimum atomic E-state index is -4.48. The van der Waals surface area contributed by atoms with Gasteiger partial charge in [0.1, 0.15) is 0 Å². The van der Waals surface area contributed by atoms with Crippen LogP contribution in [0.1, 0.15) is 11.1 Å². The standard InChI is InChI=1S/C20H21F3N2O2S/c21-20(22,23)18-8-10-19(11-9-18)28(26,27)25-15-13-24(14-16-25)12-4-7-17-5-2-1-3-6-17/h1-11H,12-16H2. The second-order valence-corrected chi connectivity index (χ2v) is 8.48. The summed E-state index contributed by atoms with van der Waals surface area (Å²) < 4.78 is 64.6. The van der Waals surface area contributed by atoms with Gasteiger partial charge in [0.15, 0.2) is 0 Å². The summed E-state index contributed by atoms with van der Waals surface area (Å²) in [5, 5.41) is 0. The number of nitrogens with zero attached hydrogens (tertiary/aromatic N) is 2. The van der Waals surface area contributed by atoms with Gasteiger partial charge in [0.25, 0.3) is 0 Å². The molecule has 0 atom stereocenters. The Labute approximate surface area is 162 Å². The van der Waals surface area contributed by atoms with Crippen LogP contribution in [-0.4, -0.2) is 50.3 Å². The molecule has 0 saturated carbocycles. The molecule has 1 heterocycles. The molecule has 0 radical (unpaired) electrons. The Morgan fingerprint density at radius 2 is 1.50 bits per heavy atom. The van der Waals surface area contributed by atoms with Gasteiger partial charge in [0.2, 0.25) is 10.0 Å². The molecule has 1 fully saturated rings. The fraction of sp³-hybridized carbons (Fsp3) is 0.300. The average molecular weight is 410 g/mol. The zero-order valence-corrected chi connectivity index (χ0v) is 16.0. The highest BCUT2D eigenvalue weighted by molar-refractivity contribution is 7.89. The average Bonchev–Trinajstić information content (AvgIpc) is 2.69. The van der Waals surface area contributed by atoms with Crippen molar-refractivity contribution in [3.05, 3.63) is 71.8 Å². The number of piperazine rings is 1. The van der Waals surface area contributed by atoms with Crippen LogP contribution in [-0.2, 0) is 16.2 Å². The van der Waals surface area contributed by atoms with Crippen LogP contribution in [0.25, 0.3) is 6.08 Å². The van der Waals surface area contributed by atoms with Gasteiger partial charge in [-0.3, -0.25) is 4.90 Å². The van der Waals surface area contributed by atoms with Crippen LogP contribution >= 0.6 is 0 Å². The molecule has 2 aromatic rings. The van der Waals surface area contributed by atoms with Crippen molar-refractivity contribution in [2.24, 2.45) is 0 Å². The van der Waals surface area contributed by atoms with Gasteiger partial charge in [-0.2, -0.15) is 17.5 Å². The second-order valence-electron chi connectivity index (χ2n) is 6.54. The molecule has 150 valence electrons. The monoisotopic (exact) mass is 410 g/mol. The van der Waals surface area contributed by atoms with Crippen molar-refractivity contribution in [3.63, 3.8) is 0 Å². The number of benzene rings is 2. The summed E-state index contributed by atoms with van der Waals surface area (Å²) in [6.07, 6.45) is -0.429. The van der Waals surface area contributed by atoms with Crippen LogP contribution in [0.5, 0.6) is 0 Å². The molecule has 2 aromatic carbocycles. The van der Waals surface area contributed by atoms with Crippen molar-refractivity contribution in [2.75, 3.05) is 32.7 Å². The summed E-state index contributed by atoms with van der Waals surface area (Å²) >= 11 is 0. The molecule has 0 N–H and O–H groups in total. The van der Waals surface area contributed by atoms with Crippen LogP contribution in [0, 0.1) is 0 Å². The Bertz CT molecular complexity index is 903. The van der Waals surface area contributed by atoms with E-state index in [9.17, 15) is 21.6 Å². The minimum absolute atomic E-state index is 0.113. The van der Waals surface area contributed by atoms with E-state index in [1.807, 2.05) is 42.5 Å². The second kappa shape index (κ2) is 8.46. The Kier molecular flexibility index (Phi) is 6.22. The number of hydrogen-bond acceptors (Lipinski definition) is 3. The summed E-state index contributed by atoms with van der Waals surface area (Å²) in [7, 11) is -3.79.